The number of fused-ring (bicyclic) bond motifs is 1. The molecule has 2 aliphatic rings. The van der Waals surface area contributed by atoms with Crippen LogP contribution in [0, 0.1) is 0 Å². The molecule has 0 radical (unpaired) electrons. The molecule has 0 saturated carbocycles. The number of carbonyl (C=O) groups is 1. The van der Waals surface area contributed by atoms with Gasteiger partial charge in [0, 0.05) is 56.3 Å². The van der Waals surface area contributed by atoms with Crippen LogP contribution < -0.4 is 14.2 Å². The number of aromatic nitrogens is 1. The van der Waals surface area contributed by atoms with E-state index in [1.54, 1.807) is 19.5 Å². The quantitative estimate of drug-likeness (QED) is 0.537. The van der Waals surface area contributed by atoms with Crippen LogP contribution in [0.3, 0.4) is 0 Å². The summed E-state index contributed by atoms with van der Waals surface area (Å²) in [4.78, 5) is 21.5. The molecule has 1 amide bonds. The zero-order chi connectivity index (χ0) is 24.0. The Morgan fingerprint density at radius 3 is 2.66 bits per heavy atom. The lowest BCUT2D eigenvalue weighted by Crippen LogP contribution is -2.46. The molecular weight excluding hydrogens is 442 g/mol. The zero-order valence-electron chi connectivity index (χ0n) is 20.0. The minimum absolute atomic E-state index is 0.108. The van der Waals surface area contributed by atoms with Crippen LogP contribution in [0.5, 0.6) is 17.2 Å². The van der Waals surface area contributed by atoms with E-state index >= 15 is 0 Å². The van der Waals surface area contributed by atoms with Crippen molar-refractivity contribution < 1.29 is 19.0 Å². The molecule has 3 heterocycles. The van der Waals surface area contributed by atoms with Gasteiger partial charge in [-0.15, -0.1) is 0 Å². The van der Waals surface area contributed by atoms with Gasteiger partial charge in [0.25, 0.3) is 0 Å². The second-order valence-electron chi connectivity index (χ2n) is 9.01. The number of piperidine rings is 1. The summed E-state index contributed by atoms with van der Waals surface area (Å²) in [6.07, 6.45) is 4.97. The number of pyridine rings is 1. The second-order valence-corrected chi connectivity index (χ2v) is 9.01. The molecule has 1 saturated heterocycles. The van der Waals surface area contributed by atoms with E-state index in [0.717, 1.165) is 41.2 Å². The topological polar surface area (TPSA) is 64.1 Å². The number of hydrogen-bond acceptors (Lipinski definition) is 6. The average Bonchev–Trinajstić information content (AvgIpc) is 3.08. The van der Waals surface area contributed by atoms with Crippen LogP contribution in [-0.4, -0.2) is 60.1 Å². The highest BCUT2D eigenvalue weighted by molar-refractivity contribution is 5.78. The van der Waals surface area contributed by atoms with Gasteiger partial charge in [0.05, 0.1) is 19.9 Å². The molecule has 1 fully saturated rings. The van der Waals surface area contributed by atoms with E-state index < -0.39 is 0 Å². The smallest absolute Gasteiger partial charge is 0.236 e. The van der Waals surface area contributed by atoms with E-state index in [0.29, 0.717) is 32.7 Å². The first-order chi connectivity index (χ1) is 17.2. The highest BCUT2D eigenvalue weighted by Gasteiger charge is 2.30. The minimum Gasteiger partial charge on any atom is -0.496 e. The number of hydrogen-bond donors (Lipinski definition) is 0. The third-order valence-corrected chi connectivity index (χ3v) is 6.64. The van der Waals surface area contributed by atoms with Crippen molar-refractivity contribution in [1.82, 2.24) is 14.8 Å². The Labute approximate surface area is 206 Å². The average molecular weight is 474 g/mol. The normalized spacial score (nSPS) is 18.8. The third-order valence-electron chi connectivity index (χ3n) is 6.64. The highest BCUT2D eigenvalue weighted by Crippen LogP contribution is 2.34. The molecule has 7 heteroatoms. The number of rotatable bonds is 6. The lowest BCUT2D eigenvalue weighted by molar-refractivity contribution is -0.134. The largest absolute Gasteiger partial charge is 0.496 e. The molecule has 1 aromatic heterocycles. The van der Waals surface area contributed by atoms with Gasteiger partial charge in [-0.05, 0) is 24.3 Å². The second kappa shape index (κ2) is 10.8. The fourth-order valence-electron chi connectivity index (χ4n) is 4.82. The Morgan fingerprint density at radius 2 is 1.86 bits per heavy atom. The van der Waals surface area contributed by atoms with Crippen LogP contribution in [0.1, 0.15) is 30.1 Å². The van der Waals surface area contributed by atoms with Gasteiger partial charge in [-0.1, -0.05) is 36.4 Å². The van der Waals surface area contributed by atoms with Crippen LogP contribution in [0.25, 0.3) is 0 Å². The summed E-state index contributed by atoms with van der Waals surface area (Å²) < 4.78 is 18.1. The molecular formula is C28H31N3O4. The maximum Gasteiger partial charge on any atom is 0.236 e. The molecule has 0 aliphatic carbocycles. The number of para-hydroxylation sites is 2. The van der Waals surface area contributed by atoms with Gasteiger partial charge in [0.2, 0.25) is 5.91 Å². The van der Waals surface area contributed by atoms with Gasteiger partial charge in [-0.25, -0.2) is 0 Å². The molecule has 7 nitrogen and oxygen atoms in total. The van der Waals surface area contributed by atoms with Crippen LogP contribution in [0.2, 0.25) is 0 Å². The SMILES string of the molecule is COc1ccccc1C1CN(CC(=O)N2CCC(Oc3cccnc3)CC2)Cc2ccccc2O1. The summed E-state index contributed by atoms with van der Waals surface area (Å²) in [7, 11) is 1.67. The van der Waals surface area contributed by atoms with E-state index in [2.05, 4.69) is 16.0 Å². The van der Waals surface area contributed by atoms with Crippen LogP contribution >= 0.6 is 0 Å². The number of likely N-dealkylation sites (tertiary alicyclic amines) is 1. The molecule has 1 unspecified atom stereocenters. The highest BCUT2D eigenvalue weighted by atomic mass is 16.5. The molecule has 35 heavy (non-hydrogen) atoms. The Hall–Kier alpha value is -3.58. The molecule has 182 valence electrons. The predicted molar refractivity (Wildman–Crippen MR) is 133 cm³/mol. The van der Waals surface area contributed by atoms with Gasteiger partial charge in [0.15, 0.2) is 0 Å². The van der Waals surface area contributed by atoms with E-state index in [9.17, 15) is 4.79 Å². The zero-order valence-corrected chi connectivity index (χ0v) is 20.0. The molecule has 1 atom stereocenters. The number of carbonyl (C=O) groups excluding carboxylic acids is 1. The van der Waals surface area contributed by atoms with Gasteiger partial charge in [-0.2, -0.15) is 0 Å². The Balaban J connectivity index is 1.25. The first-order valence-corrected chi connectivity index (χ1v) is 12.1. The molecule has 2 aliphatic heterocycles. The maximum atomic E-state index is 13.3. The van der Waals surface area contributed by atoms with E-state index in [1.807, 2.05) is 59.5 Å². The Bertz CT molecular complexity index is 1130. The van der Waals surface area contributed by atoms with E-state index in [-0.39, 0.29) is 18.1 Å². The standard InChI is InChI=1S/C28H31N3O4/c1-33-26-11-5-3-9-24(26)27-19-30(18-21-7-2-4-10-25(21)35-27)20-28(32)31-15-12-22(13-16-31)34-23-8-6-14-29-17-23/h2-11,14,17,22,27H,12-13,15-16,18-20H2,1H3. The number of amides is 1. The molecule has 3 aromatic rings. The fraction of sp³-hybridized carbons (Fsp3) is 0.357. The van der Waals surface area contributed by atoms with Crippen molar-refractivity contribution in [2.24, 2.45) is 0 Å². The van der Waals surface area contributed by atoms with Gasteiger partial charge >= 0.3 is 0 Å². The van der Waals surface area contributed by atoms with Crippen molar-refractivity contribution in [3.8, 4) is 17.2 Å². The van der Waals surface area contributed by atoms with E-state index in [1.165, 1.54) is 0 Å². The number of benzene rings is 2. The number of ether oxygens (including phenoxy) is 3. The first-order valence-electron chi connectivity index (χ1n) is 12.1. The van der Waals surface area contributed by atoms with Gasteiger partial charge < -0.3 is 19.1 Å². The number of nitrogens with zero attached hydrogens (tertiary/aromatic N) is 3. The van der Waals surface area contributed by atoms with Crippen molar-refractivity contribution in [3.63, 3.8) is 0 Å². The van der Waals surface area contributed by atoms with Crippen molar-refractivity contribution in [2.75, 3.05) is 33.3 Å². The Morgan fingerprint density at radius 1 is 1.06 bits per heavy atom. The first kappa shape index (κ1) is 23.2. The lowest BCUT2D eigenvalue weighted by Gasteiger charge is -2.34. The fourth-order valence-corrected chi connectivity index (χ4v) is 4.82. The summed E-state index contributed by atoms with van der Waals surface area (Å²) in [6, 6.07) is 19.8. The molecule has 0 N–H and O–H groups in total. The lowest BCUT2D eigenvalue weighted by atomic mass is 10.1. The van der Waals surface area contributed by atoms with E-state index in [4.69, 9.17) is 14.2 Å². The molecule has 2 aromatic carbocycles. The summed E-state index contributed by atoms with van der Waals surface area (Å²) in [5.41, 5.74) is 2.07. The summed E-state index contributed by atoms with van der Waals surface area (Å²) in [5, 5.41) is 0. The summed E-state index contributed by atoms with van der Waals surface area (Å²) in [5.74, 6) is 2.57. The van der Waals surface area contributed by atoms with Crippen molar-refractivity contribution >= 4 is 5.91 Å². The van der Waals surface area contributed by atoms with Crippen LogP contribution in [0.4, 0.5) is 0 Å². The summed E-state index contributed by atoms with van der Waals surface area (Å²) in [6.45, 7) is 2.99. The minimum atomic E-state index is -0.235. The monoisotopic (exact) mass is 473 g/mol. The predicted octanol–water partition coefficient (Wildman–Crippen LogP) is 4.10. The molecule has 5 rings (SSSR count). The summed E-state index contributed by atoms with van der Waals surface area (Å²) >= 11 is 0. The van der Waals surface area contributed by atoms with Crippen LogP contribution in [-0.2, 0) is 11.3 Å². The van der Waals surface area contributed by atoms with Gasteiger partial charge in [0.1, 0.15) is 29.5 Å². The molecule has 0 bridgehead atoms. The molecule has 0 spiro atoms. The number of methoxy groups -OCH3 is 1. The Kier molecular flexibility index (Phi) is 7.14. The van der Waals surface area contributed by atoms with Gasteiger partial charge in [-0.3, -0.25) is 14.7 Å². The van der Waals surface area contributed by atoms with Crippen molar-refractivity contribution in [1.29, 1.82) is 0 Å². The third kappa shape index (κ3) is 5.57. The maximum absolute atomic E-state index is 13.3. The van der Waals surface area contributed by atoms with Crippen molar-refractivity contribution in [3.05, 3.63) is 84.2 Å². The van der Waals surface area contributed by atoms with Crippen molar-refractivity contribution in [2.45, 2.75) is 31.6 Å². The van der Waals surface area contributed by atoms with Crippen LogP contribution in [0.15, 0.2) is 73.1 Å².